The second kappa shape index (κ2) is 8.89. The number of carbonyl (C=O) groups is 1. The molecule has 0 saturated carbocycles. The summed E-state index contributed by atoms with van der Waals surface area (Å²) in [5, 5.41) is 9.61. The van der Waals surface area contributed by atoms with Crippen LogP contribution in [0.25, 0.3) is 17.1 Å². The van der Waals surface area contributed by atoms with Crippen molar-refractivity contribution in [2.75, 3.05) is 5.75 Å². The number of hydrogen-bond donors (Lipinski definition) is 1. The number of aryl methyl sites for hydroxylation is 2. The van der Waals surface area contributed by atoms with Gasteiger partial charge in [-0.1, -0.05) is 43.8 Å². The van der Waals surface area contributed by atoms with Gasteiger partial charge in [-0.05, 0) is 49.6 Å². The number of nitrogens with one attached hydrogen (secondary N) is 1. The monoisotopic (exact) mass is 431 g/mol. The summed E-state index contributed by atoms with van der Waals surface area (Å²) in [6.45, 7) is 8.21. The third-order valence-corrected chi connectivity index (χ3v) is 6.06. The van der Waals surface area contributed by atoms with E-state index in [9.17, 15) is 4.79 Å². The zero-order valence-electron chi connectivity index (χ0n) is 18.1. The molecule has 0 bridgehead atoms. The van der Waals surface area contributed by atoms with Crippen molar-refractivity contribution in [1.29, 1.82) is 0 Å². The number of aromatic nitrogens is 5. The van der Waals surface area contributed by atoms with Gasteiger partial charge in [0.1, 0.15) is 0 Å². The highest BCUT2D eigenvalue weighted by Crippen LogP contribution is 2.32. The lowest BCUT2D eigenvalue weighted by atomic mass is 10.0. The van der Waals surface area contributed by atoms with Gasteiger partial charge in [0.25, 0.3) is 0 Å². The predicted octanol–water partition coefficient (Wildman–Crippen LogP) is 5.37. The van der Waals surface area contributed by atoms with Crippen molar-refractivity contribution in [2.24, 2.45) is 0 Å². The molecule has 0 spiro atoms. The Morgan fingerprint density at radius 1 is 1.13 bits per heavy atom. The molecule has 1 aromatic carbocycles. The average Bonchev–Trinajstić information content (AvgIpc) is 3.35. The third-order valence-electron chi connectivity index (χ3n) is 5.14. The van der Waals surface area contributed by atoms with Gasteiger partial charge in [-0.25, -0.2) is 0 Å². The van der Waals surface area contributed by atoms with Gasteiger partial charge in [0.15, 0.2) is 16.8 Å². The van der Waals surface area contributed by atoms with Crippen LogP contribution in [0.3, 0.4) is 0 Å². The van der Waals surface area contributed by atoms with Crippen molar-refractivity contribution in [1.82, 2.24) is 24.7 Å². The van der Waals surface area contributed by atoms with E-state index >= 15 is 0 Å². The van der Waals surface area contributed by atoms with Gasteiger partial charge in [0, 0.05) is 34.9 Å². The molecule has 0 saturated heterocycles. The number of aromatic amines is 1. The van der Waals surface area contributed by atoms with Crippen LogP contribution in [-0.4, -0.2) is 36.3 Å². The number of thioether (sulfide) groups is 1. The predicted molar refractivity (Wildman–Crippen MR) is 124 cm³/mol. The van der Waals surface area contributed by atoms with E-state index in [4.69, 9.17) is 0 Å². The molecule has 4 rings (SSSR count). The van der Waals surface area contributed by atoms with Crippen molar-refractivity contribution in [3.8, 4) is 17.1 Å². The standard InChI is InChI=1S/C24H25N5OS/c1-15(2)19-9-5-6-10-21(19)29-23(18-8-7-11-25-13-18)27-28-24(29)31-14-22(30)20-12-16(3)26-17(20)4/h5-13,15,26H,14H2,1-4H3. The number of rotatable bonds is 7. The summed E-state index contributed by atoms with van der Waals surface area (Å²) in [5.74, 6) is 1.39. The fraction of sp³-hybridized carbons (Fsp3) is 0.250. The van der Waals surface area contributed by atoms with E-state index in [0.717, 1.165) is 28.2 Å². The lowest BCUT2D eigenvalue weighted by Gasteiger charge is -2.16. The van der Waals surface area contributed by atoms with Crippen molar-refractivity contribution >= 4 is 17.5 Å². The molecular formula is C24H25N5OS. The van der Waals surface area contributed by atoms with E-state index in [-0.39, 0.29) is 11.5 Å². The highest BCUT2D eigenvalue weighted by Gasteiger charge is 2.21. The first-order chi connectivity index (χ1) is 15.0. The Bertz CT molecular complexity index is 1210. The Labute approximate surface area is 186 Å². The quantitative estimate of drug-likeness (QED) is 0.314. The maximum atomic E-state index is 12.8. The van der Waals surface area contributed by atoms with Gasteiger partial charge in [0.2, 0.25) is 0 Å². The second-order valence-corrected chi connectivity index (χ2v) is 8.74. The summed E-state index contributed by atoms with van der Waals surface area (Å²) in [6, 6.07) is 14.0. The van der Waals surface area contributed by atoms with Crippen molar-refractivity contribution in [3.63, 3.8) is 0 Å². The summed E-state index contributed by atoms with van der Waals surface area (Å²) in [5.41, 5.74) is 5.70. The van der Waals surface area contributed by atoms with Gasteiger partial charge in [0.05, 0.1) is 11.4 Å². The number of ketones is 1. The van der Waals surface area contributed by atoms with Crippen LogP contribution in [0.15, 0.2) is 60.0 Å². The topological polar surface area (TPSA) is 76.5 Å². The molecule has 0 radical (unpaired) electrons. The molecule has 6 nitrogen and oxygen atoms in total. The van der Waals surface area contributed by atoms with E-state index < -0.39 is 0 Å². The fourth-order valence-corrected chi connectivity index (χ4v) is 4.49. The number of pyridine rings is 1. The third kappa shape index (κ3) is 4.32. The minimum absolute atomic E-state index is 0.0708. The van der Waals surface area contributed by atoms with Crippen molar-refractivity contribution < 1.29 is 4.79 Å². The summed E-state index contributed by atoms with van der Waals surface area (Å²) >= 11 is 1.40. The number of nitrogens with zero attached hydrogens (tertiary/aromatic N) is 4. The van der Waals surface area contributed by atoms with Gasteiger partial charge in [-0.15, -0.1) is 10.2 Å². The molecule has 31 heavy (non-hydrogen) atoms. The van der Waals surface area contributed by atoms with Gasteiger partial charge in [-0.2, -0.15) is 0 Å². The van der Waals surface area contributed by atoms with Gasteiger partial charge < -0.3 is 4.98 Å². The van der Waals surface area contributed by atoms with Crippen LogP contribution in [-0.2, 0) is 0 Å². The van der Waals surface area contributed by atoms with E-state index in [1.54, 1.807) is 12.4 Å². The minimum atomic E-state index is 0.0708. The first-order valence-electron chi connectivity index (χ1n) is 10.2. The number of carbonyl (C=O) groups excluding carboxylic acids is 1. The molecule has 0 unspecified atom stereocenters. The Kier molecular flexibility index (Phi) is 6.04. The van der Waals surface area contributed by atoms with E-state index in [0.29, 0.717) is 16.9 Å². The summed E-state index contributed by atoms with van der Waals surface area (Å²) in [4.78, 5) is 20.3. The van der Waals surface area contributed by atoms with Crippen LogP contribution in [0.1, 0.15) is 47.1 Å². The highest BCUT2D eigenvalue weighted by atomic mass is 32.2. The Balaban J connectivity index is 1.74. The van der Waals surface area contributed by atoms with E-state index in [1.165, 1.54) is 17.3 Å². The van der Waals surface area contributed by atoms with Crippen LogP contribution >= 0.6 is 11.8 Å². The zero-order chi connectivity index (χ0) is 22.0. The Morgan fingerprint density at radius 3 is 2.61 bits per heavy atom. The van der Waals surface area contributed by atoms with Gasteiger partial charge >= 0.3 is 0 Å². The molecule has 0 atom stereocenters. The molecule has 0 aliphatic rings. The largest absolute Gasteiger partial charge is 0.362 e. The average molecular weight is 432 g/mol. The minimum Gasteiger partial charge on any atom is -0.362 e. The number of para-hydroxylation sites is 1. The molecule has 0 fully saturated rings. The normalized spacial score (nSPS) is 11.3. The van der Waals surface area contributed by atoms with Crippen LogP contribution in [0, 0.1) is 13.8 Å². The molecule has 1 N–H and O–H groups in total. The Morgan fingerprint density at radius 2 is 1.94 bits per heavy atom. The van der Waals surface area contributed by atoms with Crippen LogP contribution in [0.5, 0.6) is 0 Å². The maximum absolute atomic E-state index is 12.8. The first kappa shape index (κ1) is 21.1. The number of Topliss-reactive ketones (excluding diaryl/α,β-unsaturated/α-hetero) is 1. The Hall–Kier alpha value is -3.19. The first-order valence-corrected chi connectivity index (χ1v) is 11.2. The number of H-pyrrole nitrogens is 1. The zero-order valence-corrected chi connectivity index (χ0v) is 18.9. The number of benzene rings is 1. The van der Waals surface area contributed by atoms with E-state index in [2.05, 4.69) is 46.1 Å². The van der Waals surface area contributed by atoms with Crippen LogP contribution in [0.2, 0.25) is 0 Å². The van der Waals surface area contributed by atoms with Gasteiger partial charge in [-0.3, -0.25) is 14.3 Å². The smallest absolute Gasteiger partial charge is 0.196 e. The SMILES string of the molecule is Cc1cc(C(=O)CSc2nnc(-c3cccnc3)n2-c2ccccc2C(C)C)c(C)[nH]1. The van der Waals surface area contributed by atoms with Crippen LogP contribution < -0.4 is 0 Å². The number of hydrogen-bond acceptors (Lipinski definition) is 5. The maximum Gasteiger partial charge on any atom is 0.196 e. The summed E-state index contributed by atoms with van der Waals surface area (Å²) in [6.07, 6.45) is 3.52. The molecule has 3 heterocycles. The second-order valence-electron chi connectivity index (χ2n) is 7.80. The van der Waals surface area contributed by atoms with Crippen molar-refractivity contribution in [2.45, 2.75) is 38.8 Å². The summed E-state index contributed by atoms with van der Waals surface area (Å²) < 4.78 is 2.04. The molecule has 0 aliphatic heterocycles. The molecular weight excluding hydrogens is 406 g/mol. The molecule has 3 aromatic heterocycles. The van der Waals surface area contributed by atoms with Crippen molar-refractivity contribution in [3.05, 3.63) is 77.4 Å². The lowest BCUT2D eigenvalue weighted by molar-refractivity contribution is 0.102. The molecule has 4 aromatic rings. The molecule has 0 aliphatic carbocycles. The fourth-order valence-electron chi connectivity index (χ4n) is 3.66. The summed E-state index contributed by atoms with van der Waals surface area (Å²) in [7, 11) is 0. The lowest BCUT2D eigenvalue weighted by Crippen LogP contribution is -2.07. The van der Waals surface area contributed by atoms with Crippen LogP contribution in [0.4, 0.5) is 0 Å². The molecule has 7 heteroatoms. The molecule has 0 amide bonds. The highest BCUT2D eigenvalue weighted by molar-refractivity contribution is 7.99. The molecule has 158 valence electrons. The van der Waals surface area contributed by atoms with E-state index in [1.807, 2.05) is 48.7 Å².